The van der Waals surface area contributed by atoms with E-state index in [-0.39, 0.29) is 6.54 Å². The topological polar surface area (TPSA) is 97.3 Å². The van der Waals surface area contributed by atoms with Gasteiger partial charge in [-0.05, 0) is 30.2 Å². The van der Waals surface area contributed by atoms with Crippen LogP contribution >= 0.6 is 0 Å². The molecule has 0 atom stereocenters. The molecule has 0 unspecified atom stereocenters. The normalized spacial score (nSPS) is 11.1. The molecule has 0 aliphatic carbocycles. The first-order valence-corrected chi connectivity index (χ1v) is 8.51. The minimum atomic E-state index is -1.16. The first kappa shape index (κ1) is 17.7. The van der Waals surface area contributed by atoms with Gasteiger partial charge in [-0.15, -0.1) is 0 Å². The number of halogens is 1. The maximum atomic E-state index is 15.1. The lowest BCUT2D eigenvalue weighted by Crippen LogP contribution is -2.20. The molecule has 0 fully saturated rings. The Morgan fingerprint density at radius 3 is 2.79 bits per heavy atom. The van der Waals surface area contributed by atoms with Crippen molar-refractivity contribution < 1.29 is 14.3 Å². The molecule has 28 heavy (non-hydrogen) atoms. The second-order valence-electron chi connectivity index (χ2n) is 6.44. The average molecular weight is 380 g/mol. The summed E-state index contributed by atoms with van der Waals surface area (Å²) in [4.78, 5) is 15.0. The van der Waals surface area contributed by atoms with Crippen molar-refractivity contribution in [2.24, 2.45) is 7.05 Å². The lowest BCUT2D eigenvalue weighted by atomic mass is 10.0. The summed E-state index contributed by atoms with van der Waals surface area (Å²) in [6, 6.07) is 5.20. The van der Waals surface area contributed by atoms with Crippen LogP contribution in [0.3, 0.4) is 0 Å². The number of nitrogens with one attached hydrogen (secondary N) is 1. The maximum absolute atomic E-state index is 15.1. The molecule has 3 heterocycles. The zero-order valence-electron chi connectivity index (χ0n) is 15.2. The van der Waals surface area contributed by atoms with Crippen molar-refractivity contribution in [3.63, 3.8) is 0 Å². The first-order chi connectivity index (χ1) is 13.4. The number of carboxylic acid groups (broad SMARTS) is 1. The highest BCUT2D eigenvalue weighted by Gasteiger charge is 2.17. The van der Waals surface area contributed by atoms with E-state index < -0.39 is 11.9 Å². The van der Waals surface area contributed by atoms with E-state index in [1.807, 2.05) is 25.5 Å². The Morgan fingerprint density at radius 1 is 1.25 bits per heavy atom. The summed E-state index contributed by atoms with van der Waals surface area (Å²) in [5.41, 5.74) is 4.22. The monoisotopic (exact) mass is 380 g/mol. The Hall–Kier alpha value is -3.75. The van der Waals surface area contributed by atoms with Gasteiger partial charge in [-0.25, -0.2) is 18.7 Å². The van der Waals surface area contributed by atoms with Crippen LogP contribution in [0.4, 0.5) is 9.18 Å². The lowest BCUT2D eigenvalue weighted by molar-refractivity contribution is 0.194. The summed E-state index contributed by atoms with van der Waals surface area (Å²) >= 11 is 0. The molecule has 1 aromatic carbocycles. The molecule has 0 aliphatic rings. The van der Waals surface area contributed by atoms with E-state index >= 15 is 4.39 Å². The third-order valence-corrected chi connectivity index (χ3v) is 4.63. The van der Waals surface area contributed by atoms with E-state index in [0.29, 0.717) is 27.9 Å². The molecule has 4 rings (SSSR count). The van der Waals surface area contributed by atoms with E-state index in [1.54, 1.807) is 34.5 Å². The van der Waals surface area contributed by atoms with Crippen molar-refractivity contribution in [2.75, 3.05) is 0 Å². The number of carbonyl (C=O) groups is 1. The second kappa shape index (κ2) is 6.76. The minimum Gasteiger partial charge on any atom is -0.465 e. The van der Waals surface area contributed by atoms with Crippen LogP contribution in [0.5, 0.6) is 0 Å². The second-order valence-corrected chi connectivity index (χ2v) is 6.44. The first-order valence-electron chi connectivity index (χ1n) is 8.51. The van der Waals surface area contributed by atoms with E-state index in [1.165, 1.54) is 6.33 Å². The van der Waals surface area contributed by atoms with E-state index in [0.717, 1.165) is 11.1 Å². The molecule has 0 bridgehead atoms. The molecule has 0 saturated heterocycles. The summed E-state index contributed by atoms with van der Waals surface area (Å²) in [6.45, 7) is 1.66. The number of aryl methyl sites for hydroxylation is 1. The number of fused-ring (bicyclic) bond motifs is 1. The molecular weight excluding hydrogens is 363 g/mol. The standard InChI is InChI=1S/C19H17FN6O2/c1-11-12(6-21-19(27)28)3-4-15(17(11)20)18-16-5-13(9-26(16)24-10-22-18)14-7-23-25(2)8-14/h3-5,7-10,21H,6H2,1-2H3,(H,27,28). The summed E-state index contributed by atoms with van der Waals surface area (Å²) < 4.78 is 18.4. The Morgan fingerprint density at radius 2 is 2.07 bits per heavy atom. The molecule has 0 radical (unpaired) electrons. The smallest absolute Gasteiger partial charge is 0.404 e. The van der Waals surface area contributed by atoms with Crippen LogP contribution in [0, 0.1) is 12.7 Å². The molecule has 9 heteroatoms. The molecule has 2 N–H and O–H groups in total. The quantitative estimate of drug-likeness (QED) is 0.567. The van der Waals surface area contributed by atoms with Gasteiger partial charge in [-0.1, -0.05) is 6.07 Å². The van der Waals surface area contributed by atoms with Gasteiger partial charge in [0.15, 0.2) is 0 Å². The van der Waals surface area contributed by atoms with Gasteiger partial charge in [-0.2, -0.15) is 10.2 Å². The summed E-state index contributed by atoms with van der Waals surface area (Å²) in [7, 11) is 1.84. The lowest BCUT2D eigenvalue weighted by Gasteiger charge is -2.11. The number of nitrogens with zero attached hydrogens (tertiary/aromatic N) is 5. The van der Waals surface area contributed by atoms with Crippen molar-refractivity contribution in [1.82, 2.24) is 29.7 Å². The van der Waals surface area contributed by atoms with Gasteiger partial charge in [-0.3, -0.25) is 4.68 Å². The van der Waals surface area contributed by atoms with Crippen LogP contribution in [-0.2, 0) is 13.6 Å². The Labute approximate surface area is 159 Å². The molecule has 3 aromatic heterocycles. The molecule has 8 nitrogen and oxygen atoms in total. The minimum absolute atomic E-state index is 0.0355. The van der Waals surface area contributed by atoms with Crippen LogP contribution in [0.1, 0.15) is 11.1 Å². The number of benzene rings is 1. The predicted molar refractivity (Wildman–Crippen MR) is 100 cm³/mol. The number of amides is 1. The predicted octanol–water partition coefficient (Wildman–Crippen LogP) is 3.01. The maximum Gasteiger partial charge on any atom is 0.404 e. The molecule has 0 spiro atoms. The fourth-order valence-corrected chi connectivity index (χ4v) is 3.14. The molecule has 4 aromatic rings. The number of hydrogen-bond donors (Lipinski definition) is 2. The van der Waals surface area contributed by atoms with Crippen LogP contribution in [0.15, 0.2) is 43.1 Å². The number of hydrogen-bond acceptors (Lipinski definition) is 4. The number of rotatable bonds is 4. The van der Waals surface area contributed by atoms with Gasteiger partial charge in [0.05, 0.1) is 11.7 Å². The van der Waals surface area contributed by atoms with Crippen LogP contribution < -0.4 is 5.32 Å². The third-order valence-electron chi connectivity index (χ3n) is 4.63. The van der Waals surface area contributed by atoms with Gasteiger partial charge in [0.25, 0.3) is 0 Å². The molecule has 1 amide bonds. The third kappa shape index (κ3) is 3.07. The molecule has 0 saturated carbocycles. The van der Waals surface area contributed by atoms with Crippen molar-refractivity contribution in [3.05, 3.63) is 60.1 Å². The van der Waals surface area contributed by atoms with Gasteiger partial charge in [0, 0.05) is 42.7 Å². The summed E-state index contributed by atoms with van der Waals surface area (Å²) in [6.07, 6.45) is 5.70. The zero-order valence-corrected chi connectivity index (χ0v) is 15.2. The highest BCUT2D eigenvalue weighted by Crippen LogP contribution is 2.31. The van der Waals surface area contributed by atoms with Crippen LogP contribution in [-0.4, -0.2) is 35.6 Å². The van der Waals surface area contributed by atoms with Crippen LogP contribution in [0.2, 0.25) is 0 Å². The number of aromatic nitrogens is 5. The highest BCUT2D eigenvalue weighted by molar-refractivity contribution is 5.82. The van der Waals surface area contributed by atoms with Crippen molar-refractivity contribution in [2.45, 2.75) is 13.5 Å². The van der Waals surface area contributed by atoms with Gasteiger partial charge in [0.2, 0.25) is 0 Å². The van der Waals surface area contributed by atoms with E-state index in [9.17, 15) is 4.79 Å². The largest absolute Gasteiger partial charge is 0.465 e. The molecule has 142 valence electrons. The SMILES string of the molecule is Cc1c(CNC(=O)O)ccc(-c2ncnn3cc(-c4cnn(C)c4)cc23)c1F. The van der Waals surface area contributed by atoms with E-state index in [2.05, 4.69) is 20.5 Å². The van der Waals surface area contributed by atoms with Crippen molar-refractivity contribution in [3.8, 4) is 22.4 Å². The van der Waals surface area contributed by atoms with Gasteiger partial charge >= 0.3 is 6.09 Å². The molecular formula is C19H17FN6O2. The van der Waals surface area contributed by atoms with Gasteiger partial charge in [0.1, 0.15) is 17.8 Å². The highest BCUT2D eigenvalue weighted by atomic mass is 19.1. The van der Waals surface area contributed by atoms with Crippen LogP contribution in [0.25, 0.3) is 27.9 Å². The Bertz CT molecular complexity index is 1200. The fourth-order valence-electron chi connectivity index (χ4n) is 3.14. The Kier molecular flexibility index (Phi) is 4.26. The van der Waals surface area contributed by atoms with E-state index in [4.69, 9.17) is 5.11 Å². The van der Waals surface area contributed by atoms with Crippen molar-refractivity contribution in [1.29, 1.82) is 0 Å². The Balaban J connectivity index is 1.80. The zero-order chi connectivity index (χ0) is 19.8. The average Bonchev–Trinajstić information content (AvgIpc) is 3.28. The summed E-state index contributed by atoms with van der Waals surface area (Å²) in [5.74, 6) is -0.436. The van der Waals surface area contributed by atoms with Crippen molar-refractivity contribution >= 4 is 11.6 Å². The fraction of sp³-hybridized carbons (Fsp3) is 0.158. The molecule has 0 aliphatic heterocycles. The summed E-state index contributed by atoms with van der Waals surface area (Å²) in [5, 5.41) is 19.4. The van der Waals surface area contributed by atoms with Gasteiger partial charge < -0.3 is 10.4 Å².